The second-order valence-corrected chi connectivity index (χ2v) is 4.28. The predicted octanol–water partition coefficient (Wildman–Crippen LogP) is 4.05. The van der Waals surface area contributed by atoms with Crippen molar-refractivity contribution in [3.8, 4) is 0 Å². The van der Waals surface area contributed by atoms with Crippen molar-refractivity contribution in [2.45, 2.75) is 39.5 Å². The molecule has 1 N–H and O–H groups in total. The summed E-state index contributed by atoms with van der Waals surface area (Å²) in [6, 6.07) is 6.07. The summed E-state index contributed by atoms with van der Waals surface area (Å²) in [5, 5.41) is 2.48. The SMILES string of the molecule is CCCc1cccc(NC(=O)S)c1CCC. The van der Waals surface area contributed by atoms with Crippen LogP contribution in [0, 0.1) is 0 Å². The smallest absolute Gasteiger partial charge is 0.280 e. The van der Waals surface area contributed by atoms with Gasteiger partial charge in [-0.3, -0.25) is 4.79 Å². The van der Waals surface area contributed by atoms with Crippen molar-refractivity contribution in [2.75, 3.05) is 5.32 Å². The molecule has 3 heteroatoms. The fraction of sp³-hybridized carbons (Fsp3) is 0.462. The van der Waals surface area contributed by atoms with Crippen LogP contribution >= 0.6 is 12.6 Å². The molecule has 0 bridgehead atoms. The van der Waals surface area contributed by atoms with Crippen LogP contribution in [-0.2, 0) is 12.8 Å². The molecule has 0 fully saturated rings. The first-order valence-corrected chi connectivity index (χ1v) is 6.24. The van der Waals surface area contributed by atoms with E-state index >= 15 is 0 Å². The quantitative estimate of drug-likeness (QED) is 0.743. The number of amides is 1. The molecule has 88 valence electrons. The second kappa shape index (κ2) is 6.59. The normalized spacial score (nSPS) is 10.2. The van der Waals surface area contributed by atoms with Crippen LogP contribution in [0.3, 0.4) is 0 Å². The summed E-state index contributed by atoms with van der Waals surface area (Å²) in [7, 11) is 0. The lowest BCUT2D eigenvalue weighted by molar-refractivity contribution is 0.270. The van der Waals surface area contributed by atoms with Crippen molar-refractivity contribution in [1.82, 2.24) is 0 Å². The number of rotatable bonds is 5. The fourth-order valence-electron chi connectivity index (χ4n) is 1.92. The number of carbonyl (C=O) groups excluding carboxylic acids is 1. The molecule has 1 aromatic carbocycles. The van der Waals surface area contributed by atoms with E-state index in [0.29, 0.717) is 0 Å². The van der Waals surface area contributed by atoms with Crippen LogP contribution in [0.4, 0.5) is 10.5 Å². The highest BCUT2D eigenvalue weighted by Crippen LogP contribution is 2.23. The van der Waals surface area contributed by atoms with Gasteiger partial charge in [-0.1, -0.05) is 51.5 Å². The molecule has 2 nitrogen and oxygen atoms in total. The highest BCUT2D eigenvalue weighted by molar-refractivity contribution is 7.96. The number of benzene rings is 1. The number of hydrogen-bond acceptors (Lipinski definition) is 1. The van der Waals surface area contributed by atoms with Crippen LogP contribution in [0.5, 0.6) is 0 Å². The van der Waals surface area contributed by atoms with Gasteiger partial charge in [0.05, 0.1) is 0 Å². The van der Waals surface area contributed by atoms with Gasteiger partial charge < -0.3 is 5.32 Å². The number of thiol groups is 1. The van der Waals surface area contributed by atoms with E-state index in [-0.39, 0.29) is 5.24 Å². The summed E-state index contributed by atoms with van der Waals surface area (Å²) < 4.78 is 0. The van der Waals surface area contributed by atoms with Crippen LogP contribution in [-0.4, -0.2) is 5.24 Å². The lowest BCUT2D eigenvalue weighted by Gasteiger charge is -2.13. The molecule has 0 aliphatic carbocycles. The summed E-state index contributed by atoms with van der Waals surface area (Å²) in [5.74, 6) is 0. The number of nitrogens with one attached hydrogen (secondary N) is 1. The number of aryl methyl sites for hydroxylation is 1. The van der Waals surface area contributed by atoms with Crippen molar-refractivity contribution in [3.05, 3.63) is 29.3 Å². The largest absolute Gasteiger partial charge is 0.317 e. The van der Waals surface area contributed by atoms with E-state index in [1.165, 1.54) is 11.1 Å². The van der Waals surface area contributed by atoms with Gasteiger partial charge in [-0.25, -0.2) is 0 Å². The molecule has 16 heavy (non-hydrogen) atoms. The minimum Gasteiger partial charge on any atom is -0.317 e. The number of carbonyl (C=O) groups is 1. The van der Waals surface area contributed by atoms with Crippen molar-refractivity contribution in [3.63, 3.8) is 0 Å². The maximum absolute atomic E-state index is 11.0. The second-order valence-electron chi connectivity index (χ2n) is 3.87. The van der Waals surface area contributed by atoms with E-state index in [9.17, 15) is 4.79 Å². The minimum absolute atomic E-state index is 0.300. The molecule has 0 saturated carbocycles. The van der Waals surface area contributed by atoms with E-state index in [0.717, 1.165) is 31.4 Å². The third-order valence-corrected chi connectivity index (χ3v) is 2.65. The topological polar surface area (TPSA) is 29.1 Å². The molecule has 0 heterocycles. The first kappa shape index (κ1) is 13.1. The third-order valence-electron chi connectivity index (χ3n) is 2.53. The molecule has 0 aromatic heterocycles. The van der Waals surface area contributed by atoms with Crippen molar-refractivity contribution in [2.24, 2.45) is 0 Å². The Kier molecular flexibility index (Phi) is 5.39. The Labute approximate surface area is 103 Å². The average molecular weight is 237 g/mol. The fourth-order valence-corrected chi connectivity index (χ4v) is 2.04. The summed E-state index contributed by atoms with van der Waals surface area (Å²) in [4.78, 5) is 11.0. The molecule has 0 spiro atoms. The van der Waals surface area contributed by atoms with Gasteiger partial charge in [0.15, 0.2) is 0 Å². The van der Waals surface area contributed by atoms with Crippen molar-refractivity contribution < 1.29 is 4.79 Å². The predicted molar refractivity (Wildman–Crippen MR) is 72.4 cm³/mol. The van der Waals surface area contributed by atoms with Gasteiger partial charge in [-0.05, 0) is 30.0 Å². The van der Waals surface area contributed by atoms with Crippen molar-refractivity contribution in [1.29, 1.82) is 0 Å². The van der Waals surface area contributed by atoms with Crippen LogP contribution in [0.15, 0.2) is 18.2 Å². The Balaban J connectivity index is 3.04. The molecular weight excluding hydrogens is 218 g/mol. The first-order chi connectivity index (χ1) is 7.69. The standard InChI is InChI=1S/C13H19NOS/c1-3-6-10-8-5-9-12(14-13(15)16)11(10)7-4-2/h5,8-9H,3-4,6-7H2,1-2H3,(H2,14,15,16). The van der Waals surface area contributed by atoms with Gasteiger partial charge in [-0.15, -0.1) is 0 Å². The van der Waals surface area contributed by atoms with Gasteiger partial charge in [0, 0.05) is 5.69 Å². The van der Waals surface area contributed by atoms with E-state index in [2.05, 4.69) is 37.9 Å². The van der Waals surface area contributed by atoms with Gasteiger partial charge in [-0.2, -0.15) is 0 Å². The van der Waals surface area contributed by atoms with Crippen LogP contribution < -0.4 is 5.32 Å². The molecule has 0 atom stereocenters. The van der Waals surface area contributed by atoms with Gasteiger partial charge >= 0.3 is 0 Å². The zero-order valence-corrected chi connectivity index (χ0v) is 10.8. The van der Waals surface area contributed by atoms with Crippen LogP contribution in [0.25, 0.3) is 0 Å². The monoisotopic (exact) mass is 237 g/mol. The minimum atomic E-state index is -0.300. The maximum atomic E-state index is 11.0. The lowest BCUT2D eigenvalue weighted by atomic mass is 9.98. The summed E-state index contributed by atoms with van der Waals surface area (Å²) >= 11 is 3.76. The Morgan fingerprint density at radius 1 is 1.25 bits per heavy atom. The van der Waals surface area contributed by atoms with Crippen LogP contribution in [0.1, 0.15) is 37.8 Å². The third kappa shape index (κ3) is 3.56. The molecule has 0 unspecified atom stereocenters. The Hall–Kier alpha value is -0.960. The molecule has 1 amide bonds. The van der Waals surface area contributed by atoms with Gasteiger partial charge in [0.1, 0.15) is 0 Å². The molecular formula is C13H19NOS. The Bertz CT molecular complexity index is 363. The van der Waals surface area contributed by atoms with E-state index < -0.39 is 0 Å². The van der Waals surface area contributed by atoms with E-state index in [1.54, 1.807) is 0 Å². The van der Waals surface area contributed by atoms with Crippen LogP contribution in [0.2, 0.25) is 0 Å². The molecule has 0 saturated heterocycles. The summed E-state index contributed by atoms with van der Waals surface area (Å²) in [6.45, 7) is 4.31. The zero-order valence-electron chi connectivity index (χ0n) is 9.92. The lowest BCUT2D eigenvalue weighted by Crippen LogP contribution is -2.06. The molecule has 0 aliphatic rings. The molecule has 0 radical (unpaired) electrons. The maximum Gasteiger partial charge on any atom is 0.280 e. The van der Waals surface area contributed by atoms with Gasteiger partial charge in [0.2, 0.25) is 0 Å². The Morgan fingerprint density at radius 2 is 1.94 bits per heavy atom. The molecule has 1 aromatic rings. The zero-order chi connectivity index (χ0) is 12.0. The van der Waals surface area contributed by atoms with Crippen molar-refractivity contribution >= 4 is 23.6 Å². The summed E-state index contributed by atoms with van der Waals surface area (Å²) in [5.41, 5.74) is 3.51. The summed E-state index contributed by atoms with van der Waals surface area (Å²) in [6.07, 6.45) is 4.26. The first-order valence-electron chi connectivity index (χ1n) is 5.79. The highest BCUT2D eigenvalue weighted by Gasteiger charge is 2.08. The molecule has 1 rings (SSSR count). The highest BCUT2D eigenvalue weighted by atomic mass is 32.1. The average Bonchev–Trinajstić information content (AvgIpc) is 2.22. The number of hydrogen-bond donors (Lipinski definition) is 2. The van der Waals surface area contributed by atoms with Gasteiger partial charge in [0.25, 0.3) is 5.24 Å². The Morgan fingerprint density at radius 3 is 2.50 bits per heavy atom. The number of anilines is 1. The molecule has 0 aliphatic heterocycles. The van der Waals surface area contributed by atoms with E-state index in [4.69, 9.17) is 0 Å². The van der Waals surface area contributed by atoms with E-state index in [1.807, 2.05) is 12.1 Å².